The van der Waals surface area contributed by atoms with Crippen molar-refractivity contribution in [2.24, 2.45) is 0 Å². The topological polar surface area (TPSA) is 79.9 Å². The lowest BCUT2D eigenvalue weighted by Crippen LogP contribution is -2.48. The number of nitrogens with one attached hydrogen (secondary N) is 2. The number of carbonyl (C=O) groups excluding carboxylic acids is 2. The van der Waals surface area contributed by atoms with Gasteiger partial charge < -0.3 is 14.8 Å². The molecule has 0 unspecified atom stereocenters. The summed E-state index contributed by atoms with van der Waals surface area (Å²) in [5.74, 6) is 1.09. The molecule has 1 aromatic heterocycles. The van der Waals surface area contributed by atoms with Crippen LogP contribution in [0.1, 0.15) is 47.7 Å². The van der Waals surface area contributed by atoms with Crippen LogP contribution >= 0.6 is 11.3 Å². The lowest BCUT2D eigenvalue weighted by Gasteiger charge is -2.36. The van der Waals surface area contributed by atoms with Crippen LogP contribution in [0.15, 0.2) is 29.6 Å². The van der Waals surface area contributed by atoms with Gasteiger partial charge in [-0.2, -0.15) is 0 Å². The first-order valence-electron chi connectivity index (χ1n) is 10.7. The Morgan fingerprint density at radius 3 is 2.58 bits per heavy atom. The minimum atomic E-state index is -0.395. The van der Waals surface area contributed by atoms with Crippen molar-refractivity contribution in [3.8, 4) is 11.5 Å². The Bertz CT molecular complexity index is 925. The van der Waals surface area contributed by atoms with E-state index in [0.717, 1.165) is 42.5 Å². The van der Waals surface area contributed by atoms with Gasteiger partial charge in [-0.15, -0.1) is 11.3 Å². The molecule has 3 amide bonds. The standard InChI is InChI=1S/C23H29N3O4S/c1-29-18-12-15-9-10-26(14-21(27)25-23(28)24-16-6-3-4-7-16)22(20-8-5-11-31-20)17(15)13-19(18)30-2/h5,8,11-13,16,22H,3-4,6-7,9-10,14H2,1-2H3,(H2,24,25,27,28)/t22-/m0/s1. The largest absolute Gasteiger partial charge is 0.493 e. The number of amides is 3. The van der Waals surface area contributed by atoms with Gasteiger partial charge in [0.1, 0.15) is 0 Å². The van der Waals surface area contributed by atoms with E-state index in [4.69, 9.17) is 9.47 Å². The Morgan fingerprint density at radius 1 is 1.16 bits per heavy atom. The van der Waals surface area contributed by atoms with Crippen LogP contribution < -0.4 is 20.1 Å². The van der Waals surface area contributed by atoms with Crippen molar-refractivity contribution in [1.82, 2.24) is 15.5 Å². The summed E-state index contributed by atoms with van der Waals surface area (Å²) in [6.07, 6.45) is 5.01. The summed E-state index contributed by atoms with van der Waals surface area (Å²) in [7, 11) is 3.26. The number of hydrogen-bond acceptors (Lipinski definition) is 6. The van der Waals surface area contributed by atoms with E-state index in [-0.39, 0.29) is 24.5 Å². The summed E-state index contributed by atoms with van der Waals surface area (Å²) in [6.45, 7) is 0.858. The van der Waals surface area contributed by atoms with E-state index >= 15 is 0 Å². The second-order valence-electron chi connectivity index (χ2n) is 8.05. The van der Waals surface area contributed by atoms with Crippen molar-refractivity contribution < 1.29 is 19.1 Å². The first-order valence-corrected chi connectivity index (χ1v) is 11.6. The van der Waals surface area contributed by atoms with E-state index in [1.807, 2.05) is 23.6 Å². The van der Waals surface area contributed by atoms with Crippen LogP contribution in [-0.2, 0) is 11.2 Å². The Kier molecular flexibility index (Phi) is 6.77. The summed E-state index contributed by atoms with van der Waals surface area (Å²) in [5, 5.41) is 7.46. The van der Waals surface area contributed by atoms with E-state index < -0.39 is 6.03 Å². The first kappa shape index (κ1) is 21.6. The quantitative estimate of drug-likeness (QED) is 0.715. The molecule has 1 aliphatic heterocycles. The molecule has 2 aliphatic rings. The number of benzene rings is 1. The molecule has 1 aliphatic carbocycles. The highest BCUT2D eigenvalue weighted by atomic mass is 32.1. The Balaban J connectivity index is 1.52. The van der Waals surface area contributed by atoms with Crippen molar-refractivity contribution in [1.29, 1.82) is 0 Å². The molecule has 8 heteroatoms. The predicted octanol–water partition coefficient (Wildman–Crippen LogP) is 3.48. The maximum atomic E-state index is 12.7. The second-order valence-corrected chi connectivity index (χ2v) is 9.03. The smallest absolute Gasteiger partial charge is 0.321 e. The predicted molar refractivity (Wildman–Crippen MR) is 120 cm³/mol. The molecule has 0 saturated heterocycles. The van der Waals surface area contributed by atoms with Gasteiger partial charge in [0.25, 0.3) is 0 Å². The van der Waals surface area contributed by atoms with E-state index in [9.17, 15) is 9.59 Å². The molecule has 2 N–H and O–H groups in total. The van der Waals surface area contributed by atoms with Crippen LogP contribution in [0, 0.1) is 0 Å². The van der Waals surface area contributed by atoms with Gasteiger partial charge in [0, 0.05) is 17.5 Å². The van der Waals surface area contributed by atoms with Crippen LogP contribution in [0.25, 0.3) is 0 Å². The molecule has 2 heterocycles. The summed E-state index contributed by atoms with van der Waals surface area (Å²) in [4.78, 5) is 28.2. The van der Waals surface area contributed by atoms with E-state index in [2.05, 4.69) is 21.6 Å². The third-order valence-corrected chi connectivity index (χ3v) is 7.00. The zero-order chi connectivity index (χ0) is 21.8. The van der Waals surface area contributed by atoms with E-state index in [0.29, 0.717) is 18.0 Å². The summed E-state index contributed by atoms with van der Waals surface area (Å²) in [5.41, 5.74) is 2.29. The number of hydrogen-bond donors (Lipinski definition) is 2. The first-order chi connectivity index (χ1) is 15.1. The summed E-state index contributed by atoms with van der Waals surface area (Å²) >= 11 is 1.66. The Hall–Kier alpha value is -2.58. The third kappa shape index (κ3) is 4.85. The Morgan fingerprint density at radius 2 is 1.90 bits per heavy atom. The number of imide groups is 1. The van der Waals surface area contributed by atoms with Crippen LogP contribution in [-0.4, -0.2) is 50.2 Å². The van der Waals surface area contributed by atoms with Crippen LogP contribution in [0.4, 0.5) is 4.79 Å². The van der Waals surface area contributed by atoms with Crippen molar-refractivity contribution >= 4 is 23.3 Å². The van der Waals surface area contributed by atoms with Crippen LogP contribution in [0.2, 0.25) is 0 Å². The van der Waals surface area contributed by atoms with Gasteiger partial charge in [0.2, 0.25) is 5.91 Å². The zero-order valence-electron chi connectivity index (χ0n) is 18.0. The van der Waals surface area contributed by atoms with Gasteiger partial charge in [0.05, 0.1) is 26.8 Å². The maximum Gasteiger partial charge on any atom is 0.321 e. The highest BCUT2D eigenvalue weighted by Crippen LogP contribution is 2.42. The molecule has 4 rings (SSSR count). The van der Waals surface area contributed by atoms with Crippen LogP contribution in [0.5, 0.6) is 11.5 Å². The average molecular weight is 444 g/mol. The number of thiophene rings is 1. The number of rotatable bonds is 6. The van der Waals surface area contributed by atoms with Crippen molar-refractivity contribution in [2.75, 3.05) is 27.3 Å². The third-order valence-electron chi connectivity index (χ3n) is 6.08. The normalized spacial score (nSPS) is 19.0. The van der Waals surface area contributed by atoms with Gasteiger partial charge in [-0.3, -0.25) is 15.0 Å². The molecule has 1 saturated carbocycles. The van der Waals surface area contributed by atoms with E-state index in [1.54, 1.807) is 25.6 Å². The average Bonchev–Trinajstić information content (AvgIpc) is 3.46. The van der Waals surface area contributed by atoms with Gasteiger partial charge >= 0.3 is 6.03 Å². The minimum Gasteiger partial charge on any atom is -0.493 e. The fourth-order valence-corrected chi connectivity index (χ4v) is 5.47. The lowest BCUT2D eigenvalue weighted by molar-refractivity contribution is -0.121. The molecule has 0 radical (unpaired) electrons. The van der Waals surface area contributed by atoms with Gasteiger partial charge in [-0.25, -0.2) is 4.79 Å². The zero-order valence-corrected chi connectivity index (χ0v) is 18.8. The number of urea groups is 1. The molecule has 0 bridgehead atoms. The van der Waals surface area contributed by atoms with E-state index in [1.165, 1.54) is 5.56 Å². The molecule has 166 valence electrons. The highest BCUT2D eigenvalue weighted by Gasteiger charge is 2.32. The van der Waals surface area contributed by atoms with Gasteiger partial charge in [-0.05, 0) is 54.0 Å². The molecule has 31 heavy (non-hydrogen) atoms. The lowest BCUT2D eigenvalue weighted by atomic mass is 9.91. The van der Waals surface area contributed by atoms with Crippen molar-refractivity contribution in [2.45, 2.75) is 44.2 Å². The minimum absolute atomic E-state index is 0.0767. The monoisotopic (exact) mass is 443 g/mol. The number of nitrogens with zero attached hydrogens (tertiary/aromatic N) is 1. The van der Waals surface area contributed by atoms with Crippen LogP contribution in [0.3, 0.4) is 0 Å². The summed E-state index contributed by atoms with van der Waals surface area (Å²) in [6, 6.07) is 7.84. The van der Waals surface area contributed by atoms with Gasteiger partial charge in [0.15, 0.2) is 11.5 Å². The van der Waals surface area contributed by atoms with Gasteiger partial charge in [-0.1, -0.05) is 18.9 Å². The highest BCUT2D eigenvalue weighted by molar-refractivity contribution is 7.10. The molecular weight excluding hydrogens is 414 g/mol. The fraction of sp³-hybridized carbons (Fsp3) is 0.478. The maximum absolute atomic E-state index is 12.7. The molecule has 2 aromatic rings. The molecule has 1 aromatic carbocycles. The molecule has 1 fully saturated rings. The Labute approximate surface area is 186 Å². The number of fused-ring (bicyclic) bond motifs is 1. The molecule has 1 atom stereocenters. The fourth-order valence-electron chi connectivity index (χ4n) is 4.59. The van der Waals surface area contributed by atoms with Crippen molar-refractivity contribution in [3.05, 3.63) is 45.6 Å². The SMILES string of the molecule is COc1cc2c(cc1OC)[C@@H](c1cccs1)N(CC(=O)NC(=O)NC1CCCC1)CC2. The number of carbonyl (C=O) groups is 2. The number of methoxy groups -OCH3 is 2. The van der Waals surface area contributed by atoms with Crippen molar-refractivity contribution in [3.63, 3.8) is 0 Å². The molecule has 7 nitrogen and oxygen atoms in total. The summed E-state index contributed by atoms with van der Waals surface area (Å²) < 4.78 is 11.0. The molecule has 0 spiro atoms. The number of ether oxygens (including phenoxy) is 2. The second kappa shape index (κ2) is 9.70. The molecular formula is C23H29N3O4S.